The molecule has 2 saturated heterocycles. The smallest absolute Gasteiger partial charge is 0.138 e. The van der Waals surface area contributed by atoms with Crippen LogP contribution in [-0.4, -0.2) is 24.4 Å². The van der Waals surface area contributed by atoms with Crippen molar-refractivity contribution in [2.24, 2.45) is 0 Å². The van der Waals surface area contributed by atoms with E-state index in [1.807, 2.05) is 0 Å². The van der Waals surface area contributed by atoms with Crippen LogP contribution in [0.15, 0.2) is 11.8 Å². The second-order valence-corrected chi connectivity index (χ2v) is 5.13. The van der Waals surface area contributed by atoms with Gasteiger partial charge in [0.1, 0.15) is 5.67 Å². The monoisotopic (exact) mass is 211 g/mol. The Morgan fingerprint density at radius 3 is 2.67 bits per heavy atom. The van der Waals surface area contributed by atoms with Crippen molar-refractivity contribution >= 4 is 0 Å². The molecule has 1 N–H and O–H groups in total. The molecule has 0 aromatic heterocycles. The molecule has 3 aliphatic heterocycles. The Hall–Kier alpha value is -0.570. The molecular weight excluding hydrogens is 193 g/mol. The molecular formula is C12H18FNO. The molecule has 0 saturated carbocycles. The van der Waals surface area contributed by atoms with Crippen LogP contribution in [0.1, 0.15) is 38.5 Å². The summed E-state index contributed by atoms with van der Waals surface area (Å²) in [4.78, 5) is 0. The average molecular weight is 211 g/mol. The van der Waals surface area contributed by atoms with Gasteiger partial charge in [-0.1, -0.05) is 0 Å². The Kier molecular flexibility index (Phi) is 2.23. The number of fused-ring (bicyclic) bond motifs is 2. The van der Waals surface area contributed by atoms with Crippen LogP contribution in [0.4, 0.5) is 4.39 Å². The highest BCUT2D eigenvalue weighted by Gasteiger charge is 2.46. The van der Waals surface area contributed by atoms with Crippen LogP contribution in [0.5, 0.6) is 0 Å². The minimum absolute atomic E-state index is 0.400. The lowest BCUT2D eigenvalue weighted by Crippen LogP contribution is -2.47. The van der Waals surface area contributed by atoms with Crippen molar-refractivity contribution in [2.75, 3.05) is 6.61 Å². The van der Waals surface area contributed by atoms with Crippen LogP contribution in [-0.2, 0) is 4.74 Å². The molecule has 2 fully saturated rings. The summed E-state index contributed by atoms with van der Waals surface area (Å²) < 4.78 is 20.1. The fourth-order valence-corrected chi connectivity index (χ4v) is 3.25. The minimum Gasteiger partial charge on any atom is -0.501 e. The molecule has 84 valence electrons. The van der Waals surface area contributed by atoms with Gasteiger partial charge in [0, 0.05) is 30.5 Å². The van der Waals surface area contributed by atoms with E-state index in [2.05, 4.69) is 5.32 Å². The van der Waals surface area contributed by atoms with Gasteiger partial charge in [0.05, 0.1) is 12.9 Å². The summed E-state index contributed by atoms with van der Waals surface area (Å²) in [6.45, 7) is 0.755. The van der Waals surface area contributed by atoms with Crippen LogP contribution in [0, 0.1) is 0 Å². The van der Waals surface area contributed by atoms with Crippen molar-refractivity contribution in [3.05, 3.63) is 11.8 Å². The van der Waals surface area contributed by atoms with E-state index in [-0.39, 0.29) is 0 Å². The third-order valence-electron chi connectivity index (χ3n) is 3.98. The van der Waals surface area contributed by atoms with Gasteiger partial charge in [-0.15, -0.1) is 0 Å². The number of nitrogens with one attached hydrogen (secondary N) is 1. The predicted octanol–water partition coefficient (Wildman–Crippen LogP) is 2.30. The maximum atomic E-state index is 14.8. The number of alkyl halides is 1. The lowest BCUT2D eigenvalue weighted by molar-refractivity contribution is 0.105. The van der Waals surface area contributed by atoms with E-state index in [1.54, 1.807) is 6.26 Å². The van der Waals surface area contributed by atoms with E-state index >= 15 is 0 Å². The number of halogens is 1. The largest absolute Gasteiger partial charge is 0.501 e. The topological polar surface area (TPSA) is 21.3 Å². The maximum absolute atomic E-state index is 14.8. The van der Waals surface area contributed by atoms with Gasteiger partial charge in [-0.2, -0.15) is 0 Å². The van der Waals surface area contributed by atoms with E-state index in [4.69, 9.17) is 4.74 Å². The fraction of sp³-hybridized carbons (Fsp3) is 0.833. The van der Waals surface area contributed by atoms with Crippen molar-refractivity contribution in [3.8, 4) is 0 Å². The first-order valence-corrected chi connectivity index (χ1v) is 6.02. The zero-order chi connectivity index (χ0) is 10.3. The number of hydrogen-bond donors (Lipinski definition) is 1. The van der Waals surface area contributed by atoms with Crippen molar-refractivity contribution in [2.45, 2.75) is 56.3 Å². The molecule has 3 heteroatoms. The Labute approximate surface area is 89.9 Å². The summed E-state index contributed by atoms with van der Waals surface area (Å²) in [5.41, 5.74) is -0.163. The zero-order valence-electron chi connectivity index (χ0n) is 8.97. The summed E-state index contributed by atoms with van der Waals surface area (Å²) in [5, 5.41) is 3.48. The average Bonchev–Trinajstić information content (AvgIpc) is 2.60. The third kappa shape index (κ3) is 1.67. The number of rotatable bonds is 1. The van der Waals surface area contributed by atoms with Crippen molar-refractivity contribution in [1.82, 2.24) is 5.32 Å². The van der Waals surface area contributed by atoms with Gasteiger partial charge in [0.25, 0.3) is 0 Å². The normalized spacial score (nSPS) is 44.7. The minimum atomic E-state index is -1.07. The van der Waals surface area contributed by atoms with E-state index in [0.717, 1.165) is 37.9 Å². The van der Waals surface area contributed by atoms with Crippen LogP contribution in [0.2, 0.25) is 0 Å². The molecule has 0 spiro atoms. The van der Waals surface area contributed by atoms with Crippen LogP contribution in [0.25, 0.3) is 0 Å². The molecule has 3 aliphatic rings. The Morgan fingerprint density at radius 1 is 1.33 bits per heavy atom. The molecule has 0 amide bonds. The summed E-state index contributed by atoms with van der Waals surface area (Å²) in [6.07, 6.45) is 7.14. The molecule has 3 rings (SSSR count). The Bertz CT molecular complexity index is 277. The molecule has 0 aromatic carbocycles. The molecule has 0 radical (unpaired) electrons. The molecule has 2 nitrogen and oxygen atoms in total. The van der Waals surface area contributed by atoms with Crippen LogP contribution >= 0.6 is 0 Å². The van der Waals surface area contributed by atoms with Gasteiger partial charge in [-0.05, 0) is 25.7 Å². The van der Waals surface area contributed by atoms with Gasteiger partial charge >= 0.3 is 0 Å². The van der Waals surface area contributed by atoms with Gasteiger partial charge in [-0.3, -0.25) is 0 Å². The van der Waals surface area contributed by atoms with E-state index in [1.165, 1.54) is 0 Å². The van der Waals surface area contributed by atoms with Gasteiger partial charge in [0.2, 0.25) is 0 Å². The number of piperidine rings is 1. The summed E-state index contributed by atoms with van der Waals surface area (Å²) in [7, 11) is 0. The van der Waals surface area contributed by atoms with Crippen molar-refractivity contribution in [3.63, 3.8) is 0 Å². The van der Waals surface area contributed by atoms with Gasteiger partial charge in [0.15, 0.2) is 0 Å². The maximum Gasteiger partial charge on any atom is 0.138 e. The van der Waals surface area contributed by atoms with Crippen molar-refractivity contribution < 1.29 is 9.13 Å². The summed E-state index contributed by atoms with van der Waals surface area (Å²) in [6, 6.07) is 0.799. The quantitative estimate of drug-likeness (QED) is 0.718. The molecule has 2 bridgehead atoms. The molecule has 0 aliphatic carbocycles. The molecule has 2 atom stereocenters. The highest BCUT2D eigenvalue weighted by atomic mass is 19.1. The summed E-state index contributed by atoms with van der Waals surface area (Å²) in [5.74, 6) is 0. The highest BCUT2D eigenvalue weighted by molar-refractivity contribution is 5.21. The van der Waals surface area contributed by atoms with Gasteiger partial charge in [-0.25, -0.2) is 4.39 Å². The number of allylic oxidation sites excluding steroid dienone is 1. The Balaban J connectivity index is 1.81. The number of ether oxygens (including phenoxy) is 1. The van der Waals surface area contributed by atoms with Crippen LogP contribution < -0.4 is 5.32 Å². The fourth-order valence-electron chi connectivity index (χ4n) is 3.25. The first-order valence-electron chi connectivity index (χ1n) is 6.02. The second-order valence-electron chi connectivity index (χ2n) is 5.13. The third-order valence-corrected chi connectivity index (χ3v) is 3.98. The molecule has 2 unspecified atom stereocenters. The van der Waals surface area contributed by atoms with Gasteiger partial charge < -0.3 is 10.1 Å². The zero-order valence-corrected chi connectivity index (χ0v) is 8.97. The Morgan fingerprint density at radius 2 is 2.07 bits per heavy atom. The summed E-state index contributed by atoms with van der Waals surface area (Å²) >= 11 is 0. The molecule has 3 heterocycles. The first kappa shape index (κ1) is 9.64. The van der Waals surface area contributed by atoms with Crippen LogP contribution in [0.3, 0.4) is 0 Å². The molecule has 15 heavy (non-hydrogen) atoms. The highest BCUT2D eigenvalue weighted by Crippen LogP contribution is 2.43. The standard InChI is InChI=1S/C12H18FNO/c13-12(9-2-1-5-15-8-9)6-10-3-4-11(7-12)14-10/h8,10-11,14H,1-7H2. The van der Waals surface area contributed by atoms with Crippen molar-refractivity contribution in [1.29, 1.82) is 0 Å². The SMILES string of the molecule is FC1(C2=COCCC2)CC2CCC(C1)N2. The second kappa shape index (κ2) is 3.48. The van der Waals surface area contributed by atoms with E-state index in [9.17, 15) is 4.39 Å². The van der Waals surface area contributed by atoms with E-state index < -0.39 is 5.67 Å². The van der Waals surface area contributed by atoms with E-state index in [0.29, 0.717) is 24.9 Å². The lowest BCUT2D eigenvalue weighted by atomic mass is 9.81. The number of hydrogen-bond acceptors (Lipinski definition) is 2. The molecule has 0 aromatic rings. The first-order chi connectivity index (χ1) is 7.26. The predicted molar refractivity (Wildman–Crippen MR) is 56.3 cm³/mol. The lowest BCUT2D eigenvalue weighted by Gasteiger charge is -2.37.